The summed E-state index contributed by atoms with van der Waals surface area (Å²) < 4.78 is 7.99. The Balaban J connectivity index is 1.94. The summed E-state index contributed by atoms with van der Waals surface area (Å²) in [6, 6.07) is 1.91. The van der Waals surface area contributed by atoms with Crippen molar-refractivity contribution in [2.24, 2.45) is 0 Å². The van der Waals surface area contributed by atoms with Crippen molar-refractivity contribution >= 4 is 45.9 Å². The van der Waals surface area contributed by atoms with Crippen molar-refractivity contribution in [2.45, 2.75) is 33.1 Å². The minimum atomic E-state index is -0.213. The van der Waals surface area contributed by atoms with Crippen LogP contribution in [-0.4, -0.2) is 26.8 Å². The molecule has 1 aliphatic carbocycles. The molecule has 0 saturated carbocycles. The molecule has 0 amide bonds. The highest BCUT2D eigenvalue weighted by Crippen LogP contribution is 2.43. The van der Waals surface area contributed by atoms with E-state index in [2.05, 4.69) is 9.97 Å². The highest BCUT2D eigenvalue weighted by atomic mass is 35.5. The number of hydrogen-bond donors (Lipinski definition) is 1. The van der Waals surface area contributed by atoms with Crippen molar-refractivity contribution in [3.05, 3.63) is 69.4 Å². The van der Waals surface area contributed by atoms with Gasteiger partial charge in [0.1, 0.15) is 17.1 Å². The molecule has 1 aromatic carbocycles. The number of rotatable bonds is 5. The fourth-order valence-corrected chi connectivity index (χ4v) is 4.40. The lowest BCUT2D eigenvalue weighted by Gasteiger charge is -2.23. The van der Waals surface area contributed by atoms with Crippen LogP contribution < -0.4 is 10.5 Å². The summed E-state index contributed by atoms with van der Waals surface area (Å²) in [4.78, 5) is 20.4. The number of aromatic nitrogens is 3. The molecule has 6 nitrogen and oxygen atoms in total. The zero-order valence-corrected chi connectivity index (χ0v) is 19.0. The number of ketones is 1. The number of carbonyl (C=O) groups is 1. The number of ether oxygens (including phenoxy) is 1. The maximum absolute atomic E-state index is 11.7. The molecule has 2 heterocycles. The molecule has 0 bridgehead atoms. The number of allylic oxidation sites excluding steroid dienone is 4. The first-order valence-corrected chi connectivity index (χ1v) is 10.7. The Bertz CT molecular complexity index is 1260. The van der Waals surface area contributed by atoms with E-state index < -0.39 is 0 Å². The average Bonchev–Trinajstić information content (AvgIpc) is 3.09. The number of hydrogen-bond acceptors (Lipinski definition) is 5. The van der Waals surface area contributed by atoms with Gasteiger partial charge in [-0.2, -0.15) is 0 Å². The van der Waals surface area contributed by atoms with Crippen LogP contribution in [0.4, 0.5) is 5.82 Å². The van der Waals surface area contributed by atoms with E-state index in [1.54, 1.807) is 18.5 Å². The molecule has 1 aliphatic rings. The van der Waals surface area contributed by atoms with E-state index in [1.807, 2.05) is 43.4 Å². The van der Waals surface area contributed by atoms with Crippen LogP contribution in [0, 0.1) is 6.92 Å². The Morgan fingerprint density at radius 1 is 1.32 bits per heavy atom. The highest BCUT2D eigenvalue weighted by molar-refractivity contribution is 6.33. The zero-order valence-electron chi connectivity index (χ0n) is 17.4. The van der Waals surface area contributed by atoms with Crippen molar-refractivity contribution in [2.75, 3.05) is 12.3 Å². The fraction of sp³-hybridized carbons (Fsp3) is 0.261. The van der Waals surface area contributed by atoms with Gasteiger partial charge in [0.25, 0.3) is 0 Å². The fourth-order valence-electron chi connectivity index (χ4n) is 3.92. The average molecular weight is 457 g/mol. The third-order valence-electron chi connectivity index (χ3n) is 5.48. The number of nitrogens with two attached hydrogens (primary N) is 1. The lowest BCUT2D eigenvalue weighted by atomic mass is 9.88. The molecule has 0 aliphatic heterocycles. The van der Waals surface area contributed by atoms with Gasteiger partial charge in [0.2, 0.25) is 0 Å². The molecule has 160 valence electrons. The molecule has 31 heavy (non-hydrogen) atoms. The normalized spacial score (nSPS) is 14.7. The van der Waals surface area contributed by atoms with Gasteiger partial charge in [0, 0.05) is 40.9 Å². The predicted molar refractivity (Wildman–Crippen MR) is 124 cm³/mol. The summed E-state index contributed by atoms with van der Waals surface area (Å²) in [5.41, 5.74) is 10.1. The largest absolute Gasteiger partial charge is 0.493 e. The molecule has 0 radical (unpaired) electrons. The van der Waals surface area contributed by atoms with Crippen LogP contribution >= 0.6 is 23.2 Å². The van der Waals surface area contributed by atoms with E-state index in [0.717, 1.165) is 28.0 Å². The summed E-state index contributed by atoms with van der Waals surface area (Å²) in [6.45, 7) is 6.38. The standard InChI is InChI=1S/C23H22Cl2N4O2/c1-4-31-20-16(11-17(24)13(3)18(20)14-5-7-15(30)8-6-14)12(2)23-28-21(25)19-22(26)27-9-10-29(19)23/h5-7,9-12H,4,8H2,1-3H3,(H2,26,27). The molecule has 4 rings (SSSR count). The van der Waals surface area contributed by atoms with E-state index in [9.17, 15) is 4.79 Å². The molecule has 8 heteroatoms. The number of nitrogen functional groups attached to an aromatic ring is 1. The summed E-state index contributed by atoms with van der Waals surface area (Å²) in [7, 11) is 0. The van der Waals surface area contributed by atoms with Gasteiger partial charge in [-0.1, -0.05) is 42.3 Å². The van der Waals surface area contributed by atoms with Crippen LogP contribution in [-0.2, 0) is 4.79 Å². The number of halogens is 2. The van der Waals surface area contributed by atoms with Gasteiger partial charge < -0.3 is 10.5 Å². The smallest absolute Gasteiger partial charge is 0.159 e. The second-order valence-electron chi connectivity index (χ2n) is 7.39. The third-order valence-corrected chi connectivity index (χ3v) is 6.13. The number of nitrogens with zero attached hydrogens (tertiary/aromatic N) is 3. The van der Waals surface area contributed by atoms with E-state index >= 15 is 0 Å². The van der Waals surface area contributed by atoms with Crippen LogP contribution in [0.25, 0.3) is 11.1 Å². The van der Waals surface area contributed by atoms with Gasteiger partial charge in [0.05, 0.1) is 6.61 Å². The lowest BCUT2D eigenvalue weighted by molar-refractivity contribution is -0.113. The van der Waals surface area contributed by atoms with Crippen molar-refractivity contribution in [1.29, 1.82) is 0 Å². The number of carbonyl (C=O) groups excluding carboxylic acids is 1. The second-order valence-corrected chi connectivity index (χ2v) is 8.15. The Hall–Kier alpha value is -2.83. The minimum absolute atomic E-state index is 0.0691. The molecule has 2 aromatic heterocycles. The van der Waals surface area contributed by atoms with Crippen LogP contribution in [0.15, 0.2) is 36.7 Å². The Kier molecular flexibility index (Phi) is 5.77. The maximum Gasteiger partial charge on any atom is 0.159 e. The SMILES string of the molecule is CCOc1c(C(C)c2nc(Cl)c3c(N)nccn23)cc(Cl)c(C)c1C1=CCC(=O)C=C1. The molecule has 1 unspecified atom stereocenters. The number of benzene rings is 1. The van der Waals surface area contributed by atoms with E-state index in [0.29, 0.717) is 40.4 Å². The first-order chi connectivity index (χ1) is 14.8. The molecule has 1 atom stereocenters. The van der Waals surface area contributed by atoms with Crippen LogP contribution in [0.3, 0.4) is 0 Å². The van der Waals surface area contributed by atoms with Crippen LogP contribution in [0.5, 0.6) is 5.75 Å². The van der Waals surface area contributed by atoms with Crippen molar-refractivity contribution in [1.82, 2.24) is 14.4 Å². The first-order valence-electron chi connectivity index (χ1n) is 9.98. The van der Waals surface area contributed by atoms with Gasteiger partial charge in [0.15, 0.2) is 16.8 Å². The molecule has 0 spiro atoms. The van der Waals surface area contributed by atoms with Crippen molar-refractivity contribution < 1.29 is 9.53 Å². The topological polar surface area (TPSA) is 82.5 Å². The summed E-state index contributed by atoms with van der Waals surface area (Å²) in [5, 5.41) is 0.903. The molecule has 3 aromatic rings. The highest BCUT2D eigenvalue weighted by Gasteiger charge is 2.26. The zero-order chi connectivity index (χ0) is 22.3. The second kappa shape index (κ2) is 8.36. The van der Waals surface area contributed by atoms with E-state index in [4.69, 9.17) is 33.7 Å². The maximum atomic E-state index is 11.7. The minimum Gasteiger partial charge on any atom is -0.493 e. The summed E-state index contributed by atoms with van der Waals surface area (Å²) in [5.74, 6) is 1.59. The molecule has 0 saturated heterocycles. The number of fused-ring (bicyclic) bond motifs is 1. The van der Waals surface area contributed by atoms with Gasteiger partial charge in [-0.15, -0.1) is 0 Å². The Morgan fingerprint density at radius 2 is 2.10 bits per heavy atom. The Labute approximate surface area is 190 Å². The molecule has 2 N–H and O–H groups in total. The quantitative estimate of drug-likeness (QED) is 0.556. The van der Waals surface area contributed by atoms with Crippen LogP contribution in [0.2, 0.25) is 10.2 Å². The lowest BCUT2D eigenvalue weighted by Crippen LogP contribution is -2.10. The molecule has 0 fully saturated rings. The van der Waals surface area contributed by atoms with E-state index in [1.165, 1.54) is 0 Å². The molecular weight excluding hydrogens is 435 g/mol. The van der Waals surface area contributed by atoms with Gasteiger partial charge in [-0.05, 0) is 37.1 Å². The van der Waals surface area contributed by atoms with Crippen molar-refractivity contribution in [3.8, 4) is 5.75 Å². The van der Waals surface area contributed by atoms with Crippen molar-refractivity contribution in [3.63, 3.8) is 0 Å². The summed E-state index contributed by atoms with van der Waals surface area (Å²) in [6.07, 6.45) is 9.06. The number of anilines is 1. The van der Waals surface area contributed by atoms with Crippen LogP contribution in [0.1, 0.15) is 48.7 Å². The van der Waals surface area contributed by atoms with Gasteiger partial charge in [-0.3, -0.25) is 9.20 Å². The number of imidazole rings is 1. The van der Waals surface area contributed by atoms with Gasteiger partial charge >= 0.3 is 0 Å². The third kappa shape index (κ3) is 3.70. The monoisotopic (exact) mass is 456 g/mol. The van der Waals surface area contributed by atoms with E-state index in [-0.39, 0.29) is 11.7 Å². The first kappa shape index (κ1) is 21.4. The predicted octanol–water partition coefficient (Wildman–Crippen LogP) is 5.39. The molecular formula is C23H22Cl2N4O2. The Morgan fingerprint density at radius 3 is 2.77 bits per heavy atom. The summed E-state index contributed by atoms with van der Waals surface area (Å²) >= 11 is 13.0. The van der Waals surface area contributed by atoms with Gasteiger partial charge in [-0.25, -0.2) is 9.97 Å².